The Hall–Kier alpha value is -2.38. The lowest BCUT2D eigenvalue weighted by atomic mass is 10.1. The summed E-state index contributed by atoms with van der Waals surface area (Å²) in [5.74, 6) is -0.222. The third-order valence-corrected chi connectivity index (χ3v) is 4.32. The van der Waals surface area contributed by atoms with E-state index in [1.54, 1.807) is 19.9 Å². The van der Waals surface area contributed by atoms with Gasteiger partial charge in [-0.05, 0) is 58.2 Å². The monoisotopic (exact) mass is 473 g/mol. The molecule has 0 unspecified atom stereocenters. The summed E-state index contributed by atoms with van der Waals surface area (Å²) < 4.78 is 5.79. The molecule has 0 bridgehead atoms. The fraction of sp³-hybridized carbons (Fsp3) is 0.385. The fourth-order valence-corrected chi connectivity index (χ4v) is 2.43. The Morgan fingerprint density at radius 3 is 2.13 bits per heavy atom. The predicted octanol–water partition coefficient (Wildman–Crippen LogP) is 7.12. The molecule has 0 aliphatic carbocycles. The number of esters is 1. The molecule has 0 radical (unpaired) electrons. The summed E-state index contributed by atoms with van der Waals surface area (Å²) in [5, 5.41) is 0. The van der Waals surface area contributed by atoms with Crippen molar-refractivity contribution in [2.24, 2.45) is 0 Å². The minimum absolute atomic E-state index is 0.222. The number of carbonyl (C=O) groups excluding carboxylic acids is 1. The summed E-state index contributed by atoms with van der Waals surface area (Å²) in [5.41, 5.74) is 4.59. The maximum atomic E-state index is 10.7. The molecule has 1 aromatic carbocycles. The number of aromatic nitrogens is 1. The Bertz CT molecular complexity index is 749. The van der Waals surface area contributed by atoms with Crippen LogP contribution < -0.4 is 0 Å². The number of terminal acetylenes is 1. The van der Waals surface area contributed by atoms with Crippen LogP contribution in [0.5, 0.6) is 0 Å². The first-order valence-electron chi connectivity index (χ1n) is 10.2. The molecular formula is C26H36BrNO2. The number of rotatable bonds is 5. The number of aryl methyl sites for hydroxylation is 3. The molecule has 2 rings (SSSR count). The van der Waals surface area contributed by atoms with Crippen LogP contribution in [0.1, 0.15) is 57.9 Å². The second-order valence-corrected chi connectivity index (χ2v) is 7.16. The summed E-state index contributed by atoms with van der Waals surface area (Å²) >= 11 is 3.36. The van der Waals surface area contributed by atoms with E-state index < -0.39 is 0 Å². The van der Waals surface area contributed by atoms with Crippen LogP contribution >= 0.6 is 15.9 Å². The highest BCUT2D eigenvalue weighted by molar-refractivity contribution is 9.10. The highest BCUT2D eigenvalue weighted by Gasteiger charge is 2.00. The van der Waals surface area contributed by atoms with E-state index in [-0.39, 0.29) is 5.97 Å². The van der Waals surface area contributed by atoms with Crippen molar-refractivity contribution in [1.29, 1.82) is 0 Å². The van der Waals surface area contributed by atoms with E-state index in [0.29, 0.717) is 12.2 Å². The Morgan fingerprint density at radius 2 is 1.73 bits per heavy atom. The van der Waals surface area contributed by atoms with E-state index in [0.717, 1.165) is 16.6 Å². The highest BCUT2D eigenvalue weighted by Crippen LogP contribution is 2.08. The minimum atomic E-state index is -0.222. The van der Waals surface area contributed by atoms with Gasteiger partial charge in [-0.15, -0.1) is 12.8 Å². The second-order valence-electron chi connectivity index (χ2n) is 6.25. The van der Waals surface area contributed by atoms with Crippen LogP contribution in [0, 0.1) is 19.8 Å². The number of hydrogen-bond donors (Lipinski definition) is 0. The highest BCUT2D eigenvalue weighted by atomic mass is 79.9. The van der Waals surface area contributed by atoms with Gasteiger partial charge < -0.3 is 4.74 Å². The number of benzene rings is 1. The van der Waals surface area contributed by atoms with E-state index in [1.165, 1.54) is 24.0 Å². The Labute approximate surface area is 192 Å². The third-order valence-electron chi connectivity index (χ3n) is 3.83. The molecule has 1 aromatic heterocycles. The SMILES string of the molecule is C#C.C/C=C(\C)C(=O)OCC.CCCc1ccc(C)cc1.CCc1cc(Br)ccn1. The number of nitrogens with zero attached hydrogens (tertiary/aromatic N) is 1. The Kier molecular flexibility index (Phi) is 19.8. The van der Waals surface area contributed by atoms with Crippen molar-refractivity contribution in [3.05, 3.63) is 75.5 Å². The van der Waals surface area contributed by atoms with E-state index in [1.807, 2.05) is 25.3 Å². The summed E-state index contributed by atoms with van der Waals surface area (Å²) in [4.78, 5) is 14.8. The number of pyridine rings is 1. The lowest BCUT2D eigenvalue weighted by Gasteiger charge is -1.98. The topological polar surface area (TPSA) is 39.2 Å². The summed E-state index contributed by atoms with van der Waals surface area (Å²) in [7, 11) is 0. The lowest BCUT2D eigenvalue weighted by molar-refractivity contribution is -0.138. The molecule has 3 nitrogen and oxygen atoms in total. The maximum Gasteiger partial charge on any atom is 0.333 e. The van der Waals surface area contributed by atoms with Gasteiger partial charge in [0.05, 0.1) is 6.61 Å². The Balaban J connectivity index is 0. The number of allylic oxidation sites excluding steroid dienone is 1. The fourth-order valence-electron chi connectivity index (χ4n) is 2.05. The van der Waals surface area contributed by atoms with Crippen molar-refractivity contribution in [1.82, 2.24) is 4.98 Å². The van der Waals surface area contributed by atoms with Gasteiger partial charge in [0.15, 0.2) is 0 Å². The summed E-state index contributed by atoms with van der Waals surface area (Å²) in [6.07, 6.45) is 15.0. The first-order valence-corrected chi connectivity index (χ1v) is 11.0. The molecular weight excluding hydrogens is 438 g/mol. The van der Waals surface area contributed by atoms with E-state index in [4.69, 9.17) is 0 Å². The molecule has 0 saturated carbocycles. The van der Waals surface area contributed by atoms with Gasteiger partial charge in [0, 0.05) is 21.9 Å². The van der Waals surface area contributed by atoms with Crippen molar-refractivity contribution >= 4 is 21.9 Å². The van der Waals surface area contributed by atoms with Crippen LogP contribution in [0.3, 0.4) is 0 Å². The van der Waals surface area contributed by atoms with Gasteiger partial charge in [-0.25, -0.2) is 4.79 Å². The normalized spacial score (nSPS) is 9.57. The average Bonchev–Trinajstić information content (AvgIpc) is 2.77. The maximum absolute atomic E-state index is 10.7. The molecule has 1 heterocycles. The quantitative estimate of drug-likeness (QED) is 0.263. The van der Waals surface area contributed by atoms with Crippen molar-refractivity contribution in [2.45, 2.75) is 60.8 Å². The molecule has 0 saturated heterocycles. The summed E-state index contributed by atoms with van der Waals surface area (Å²) in [6.45, 7) is 12.2. The standard InChI is InChI=1S/C10H14.C7H8BrN.C7H12O2.C2H2/c1-3-4-10-7-5-9(2)6-8-10;1-2-7-5-6(8)3-4-9-7;1-4-6(3)7(8)9-5-2;1-2/h5-8H,3-4H2,1-2H3;3-5H,2H2,1H3;4H,5H2,1-3H3;1-2H/b;;6-4+;. The van der Waals surface area contributed by atoms with Gasteiger partial charge in [0.25, 0.3) is 0 Å². The van der Waals surface area contributed by atoms with Crippen LogP contribution in [0.25, 0.3) is 0 Å². The van der Waals surface area contributed by atoms with Crippen molar-refractivity contribution in [2.75, 3.05) is 6.61 Å². The van der Waals surface area contributed by atoms with Gasteiger partial charge in [-0.2, -0.15) is 0 Å². The molecule has 2 aromatic rings. The molecule has 0 spiro atoms. The molecule has 0 aliphatic rings. The van der Waals surface area contributed by atoms with Gasteiger partial charge >= 0.3 is 5.97 Å². The average molecular weight is 474 g/mol. The van der Waals surface area contributed by atoms with E-state index in [9.17, 15) is 4.79 Å². The Morgan fingerprint density at radius 1 is 1.13 bits per heavy atom. The molecule has 30 heavy (non-hydrogen) atoms. The molecule has 0 fully saturated rings. The first-order chi connectivity index (χ1) is 14.4. The van der Waals surface area contributed by atoms with Crippen molar-refractivity contribution in [3.8, 4) is 12.8 Å². The van der Waals surface area contributed by atoms with Crippen LogP contribution in [0.2, 0.25) is 0 Å². The molecule has 0 amide bonds. The van der Waals surface area contributed by atoms with Crippen LogP contribution in [-0.2, 0) is 22.4 Å². The van der Waals surface area contributed by atoms with Gasteiger partial charge in [0.1, 0.15) is 0 Å². The first kappa shape index (κ1) is 29.8. The molecule has 4 heteroatoms. The molecule has 0 N–H and O–H groups in total. The lowest BCUT2D eigenvalue weighted by Crippen LogP contribution is -2.04. The van der Waals surface area contributed by atoms with Gasteiger partial charge in [-0.1, -0.05) is 72.1 Å². The van der Waals surface area contributed by atoms with Gasteiger partial charge in [0.2, 0.25) is 0 Å². The zero-order valence-corrected chi connectivity index (χ0v) is 20.8. The van der Waals surface area contributed by atoms with E-state index in [2.05, 4.69) is 83.5 Å². The van der Waals surface area contributed by atoms with Crippen molar-refractivity contribution < 1.29 is 9.53 Å². The zero-order valence-electron chi connectivity index (χ0n) is 19.2. The number of hydrogen-bond acceptors (Lipinski definition) is 3. The molecule has 0 aliphatic heterocycles. The van der Waals surface area contributed by atoms with Gasteiger partial charge in [-0.3, -0.25) is 4.98 Å². The largest absolute Gasteiger partial charge is 0.463 e. The van der Waals surface area contributed by atoms with Crippen LogP contribution in [0.4, 0.5) is 0 Å². The predicted molar refractivity (Wildman–Crippen MR) is 132 cm³/mol. The number of halogens is 1. The van der Waals surface area contributed by atoms with Crippen LogP contribution in [0.15, 0.2) is 58.7 Å². The van der Waals surface area contributed by atoms with Crippen molar-refractivity contribution in [3.63, 3.8) is 0 Å². The minimum Gasteiger partial charge on any atom is -0.463 e. The number of carbonyl (C=O) groups is 1. The zero-order chi connectivity index (χ0) is 23.4. The second kappa shape index (κ2) is 19.9. The van der Waals surface area contributed by atoms with E-state index >= 15 is 0 Å². The smallest absolute Gasteiger partial charge is 0.333 e. The third kappa shape index (κ3) is 15.5. The summed E-state index contributed by atoms with van der Waals surface area (Å²) in [6, 6.07) is 12.7. The molecule has 0 atom stereocenters. The molecule has 164 valence electrons. The number of ether oxygens (including phenoxy) is 1. The van der Waals surface area contributed by atoms with Crippen LogP contribution in [-0.4, -0.2) is 17.6 Å².